The molecule has 0 heterocycles. The van der Waals surface area contributed by atoms with Crippen LogP contribution in [0.1, 0.15) is 10.4 Å². The van der Waals surface area contributed by atoms with Gasteiger partial charge in [0, 0.05) is 25.8 Å². The Labute approximate surface area is 124 Å². The number of carbonyl (C=O) groups excluding carboxylic acids is 2. The highest BCUT2D eigenvalue weighted by molar-refractivity contribution is 5.94. The molecule has 1 rings (SSSR count). The fraction of sp³-hybridized carbons (Fsp3) is 0.385. The summed E-state index contributed by atoms with van der Waals surface area (Å²) in [6.07, 6.45) is 0. The monoisotopic (exact) mass is 301 g/mol. The van der Waals surface area contributed by atoms with Gasteiger partial charge in [0.1, 0.15) is 6.04 Å². The van der Waals surface area contributed by atoms with Crippen LogP contribution in [0.15, 0.2) is 30.3 Å². The maximum absolute atomic E-state index is 11.7. The van der Waals surface area contributed by atoms with E-state index in [4.69, 9.17) is 10.5 Å². The molecule has 20 heavy (non-hydrogen) atoms. The first-order valence-corrected chi connectivity index (χ1v) is 6.00. The van der Waals surface area contributed by atoms with Gasteiger partial charge in [-0.05, 0) is 12.1 Å². The summed E-state index contributed by atoms with van der Waals surface area (Å²) in [4.78, 5) is 23.1. The Morgan fingerprint density at radius 3 is 2.40 bits per heavy atom. The van der Waals surface area contributed by atoms with Crippen LogP contribution >= 0.6 is 12.4 Å². The highest BCUT2D eigenvalue weighted by Gasteiger charge is 2.12. The Morgan fingerprint density at radius 1 is 1.20 bits per heavy atom. The van der Waals surface area contributed by atoms with Crippen molar-refractivity contribution in [1.82, 2.24) is 10.6 Å². The smallest absolute Gasteiger partial charge is 0.251 e. The van der Waals surface area contributed by atoms with E-state index in [1.807, 2.05) is 6.07 Å². The molecular formula is C13H20ClN3O3. The van der Waals surface area contributed by atoms with Gasteiger partial charge in [-0.2, -0.15) is 0 Å². The van der Waals surface area contributed by atoms with Crippen molar-refractivity contribution in [3.05, 3.63) is 35.9 Å². The number of nitrogens with two attached hydrogens (primary N) is 1. The molecule has 0 fully saturated rings. The summed E-state index contributed by atoms with van der Waals surface area (Å²) in [7, 11) is 1.48. The minimum absolute atomic E-state index is 0. The Balaban J connectivity index is 0.00000361. The van der Waals surface area contributed by atoms with Gasteiger partial charge >= 0.3 is 0 Å². The molecule has 0 saturated carbocycles. The van der Waals surface area contributed by atoms with E-state index in [1.165, 1.54) is 7.11 Å². The van der Waals surface area contributed by atoms with Crippen molar-refractivity contribution < 1.29 is 14.3 Å². The lowest BCUT2D eigenvalue weighted by Gasteiger charge is -2.11. The van der Waals surface area contributed by atoms with Gasteiger partial charge in [0.25, 0.3) is 5.91 Å². The van der Waals surface area contributed by atoms with Crippen molar-refractivity contribution in [1.29, 1.82) is 0 Å². The molecule has 0 aliphatic heterocycles. The van der Waals surface area contributed by atoms with Crippen LogP contribution in [0, 0.1) is 0 Å². The second kappa shape index (κ2) is 10.2. The van der Waals surface area contributed by atoms with Gasteiger partial charge in [-0.25, -0.2) is 0 Å². The van der Waals surface area contributed by atoms with Crippen LogP contribution in [-0.2, 0) is 9.53 Å². The van der Waals surface area contributed by atoms with Crippen molar-refractivity contribution in [2.45, 2.75) is 6.04 Å². The second-order valence-electron chi connectivity index (χ2n) is 3.97. The molecule has 7 heteroatoms. The largest absolute Gasteiger partial charge is 0.383 e. The molecule has 0 saturated heterocycles. The van der Waals surface area contributed by atoms with Gasteiger partial charge < -0.3 is 21.1 Å². The third-order valence-corrected chi connectivity index (χ3v) is 2.43. The molecule has 6 nitrogen and oxygen atoms in total. The lowest BCUT2D eigenvalue weighted by atomic mass is 10.2. The third-order valence-electron chi connectivity index (χ3n) is 2.43. The normalized spacial score (nSPS) is 11.1. The Kier molecular flexibility index (Phi) is 9.36. The fourth-order valence-corrected chi connectivity index (χ4v) is 1.44. The van der Waals surface area contributed by atoms with Crippen LogP contribution < -0.4 is 16.4 Å². The maximum atomic E-state index is 11.7. The standard InChI is InChI=1S/C13H19N3O3.ClH/c1-19-9-11(14)13(18)16-8-7-15-12(17)10-5-3-2-4-6-10;/h2-6,11H,7-9,14H2,1H3,(H,15,17)(H,16,18);1H. The first kappa shape index (κ1) is 18.4. The van der Waals surface area contributed by atoms with E-state index in [0.29, 0.717) is 18.7 Å². The second-order valence-corrected chi connectivity index (χ2v) is 3.97. The summed E-state index contributed by atoms with van der Waals surface area (Å²) in [5.41, 5.74) is 6.12. The number of methoxy groups -OCH3 is 1. The van der Waals surface area contributed by atoms with Crippen molar-refractivity contribution in [2.24, 2.45) is 5.73 Å². The molecule has 0 aliphatic carbocycles. The minimum Gasteiger partial charge on any atom is -0.383 e. The number of hydrogen-bond acceptors (Lipinski definition) is 4. The number of hydrogen-bond donors (Lipinski definition) is 3. The summed E-state index contributed by atoms with van der Waals surface area (Å²) in [5.74, 6) is -0.466. The lowest BCUT2D eigenvalue weighted by Crippen LogP contribution is -2.45. The average molecular weight is 302 g/mol. The third kappa shape index (κ3) is 6.51. The minimum atomic E-state index is -0.685. The van der Waals surface area contributed by atoms with Crippen LogP contribution in [0.3, 0.4) is 0 Å². The predicted octanol–water partition coefficient (Wildman–Crippen LogP) is -0.0719. The SMILES string of the molecule is COCC(N)C(=O)NCCNC(=O)c1ccccc1.Cl. The number of nitrogens with one attached hydrogen (secondary N) is 2. The van der Waals surface area contributed by atoms with E-state index in [9.17, 15) is 9.59 Å². The van der Waals surface area contributed by atoms with E-state index in [2.05, 4.69) is 10.6 Å². The average Bonchev–Trinajstić information content (AvgIpc) is 2.44. The zero-order chi connectivity index (χ0) is 14.1. The molecular weight excluding hydrogens is 282 g/mol. The maximum Gasteiger partial charge on any atom is 0.251 e. The number of benzene rings is 1. The first-order valence-electron chi connectivity index (χ1n) is 6.00. The molecule has 1 unspecified atom stereocenters. The van der Waals surface area contributed by atoms with Crippen LogP contribution in [-0.4, -0.2) is 44.7 Å². The molecule has 1 aromatic rings. The molecule has 0 bridgehead atoms. The quantitative estimate of drug-likeness (QED) is 0.615. The van der Waals surface area contributed by atoms with Crippen molar-refractivity contribution in [3.63, 3.8) is 0 Å². The van der Waals surface area contributed by atoms with Crippen LogP contribution in [0.5, 0.6) is 0 Å². The number of halogens is 1. The summed E-state index contributed by atoms with van der Waals surface area (Å²) in [6.45, 7) is 0.843. The first-order chi connectivity index (χ1) is 9.15. The molecule has 112 valence electrons. The van der Waals surface area contributed by atoms with E-state index in [0.717, 1.165) is 0 Å². The molecule has 2 amide bonds. The molecule has 4 N–H and O–H groups in total. The van der Waals surface area contributed by atoms with Crippen molar-refractivity contribution >= 4 is 24.2 Å². The molecule has 1 atom stereocenters. The van der Waals surface area contributed by atoms with E-state index in [1.54, 1.807) is 24.3 Å². The molecule has 0 radical (unpaired) electrons. The number of rotatable bonds is 7. The topological polar surface area (TPSA) is 93.4 Å². The van der Waals surface area contributed by atoms with Crippen molar-refractivity contribution in [3.8, 4) is 0 Å². The highest BCUT2D eigenvalue weighted by atomic mass is 35.5. The lowest BCUT2D eigenvalue weighted by molar-refractivity contribution is -0.123. The summed E-state index contributed by atoms with van der Waals surface area (Å²) in [6, 6.07) is 8.19. The molecule has 1 aromatic carbocycles. The van der Waals surface area contributed by atoms with Crippen molar-refractivity contribution in [2.75, 3.05) is 26.8 Å². The van der Waals surface area contributed by atoms with Crippen LogP contribution in [0.4, 0.5) is 0 Å². The molecule has 0 aliphatic rings. The zero-order valence-corrected chi connectivity index (χ0v) is 12.1. The van der Waals surface area contributed by atoms with Crippen LogP contribution in [0.25, 0.3) is 0 Å². The van der Waals surface area contributed by atoms with Gasteiger partial charge in [0.05, 0.1) is 6.61 Å². The number of carbonyl (C=O) groups is 2. The van der Waals surface area contributed by atoms with Gasteiger partial charge in [-0.1, -0.05) is 18.2 Å². The summed E-state index contributed by atoms with van der Waals surface area (Å²) in [5, 5.41) is 5.31. The molecule has 0 aromatic heterocycles. The van der Waals surface area contributed by atoms with E-state index >= 15 is 0 Å². The number of amides is 2. The van der Waals surface area contributed by atoms with Gasteiger partial charge in [-0.3, -0.25) is 9.59 Å². The summed E-state index contributed by atoms with van der Waals surface area (Å²) >= 11 is 0. The Hall–Kier alpha value is -1.63. The number of ether oxygens (including phenoxy) is 1. The predicted molar refractivity (Wildman–Crippen MR) is 78.9 cm³/mol. The highest BCUT2D eigenvalue weighted by Crippen LogP contribution is 1.96. The van der Waals surface area contributed by atoms with Gasteiger partial charge in [0.2, 0.25) is 5.91 Å². The Bertz CT molecular complexity index is 415. The van der Waals surface area contributed by atoms with Gasteiger partial charge in [0.15, 0.2) is 0 Å². The van der Waals surface area contributed by atoms with E-state index in [-0.39, 0.29) is 30.8 Å². The van der Waals surface area contributed by atoms with Gasteiger partial charge in [-0.15, -0.1) is 12.4 Å². The fourth-order valence-electron chi connectivity index (χ4n) is 1.44. The van der Waals surface area contributed by atoms with Crippen LogP contribution in [0.2, 0.25) is 0 Å². The van der Waals surface area contributed by atoms with E-state index < -0.39 is 6.04 Å². The summed E-state index contributed by atoms with van der Waals surface area (Å²) < 4.78 is 4.77. The Morgan fingerprint density at radius 2 is 1.80 bits per heavy atom. The molecule has 0 spiro atoms. The zero-order valence-electron chi connectivity index (χ0n) is 11.3.